The van der Waals surface area contributed by atoms with E-state index in [0.29, 0.717) is 22.0 Å². The molecule has 0 aliphatic carbocycles. The molecule has 1 aromatic heterocycles. The third-order valence-corrected chi connectivity index (χ3v) is 3.82. The van der Waals surface area contributed by atoms with Gasteiger partial charge >= 0.3 is 0 Å². The van der Waals surface area contributed by atoms with E-state index in [9.17, 15) is 4.79 Å². The molecule has 0 saturated carbocycles. The molecule has 0 atom stereocenters. The van der Waals surface area contributed by atoms with Crippen LogP contribution in [0.15, 0.2) is 36.7 Å². The summed E-state index contributed by atoms with van der Waals surface area (Å²) in [7, 11) is 1.55. The fraction of sp³-hybridized carbons (Fsp3) is 0.294. The number of anilines is 2. The van der Waals surface area contributed by atoms with Gasteiger partial charge in [0.15, 0.2) is 0 Å². The van der Waals surface area contributed by atoms with E-state index in [-0.39, 0.29) is 5.91 Å². The van der Waals surface area contributed by atoms with Crippen molar-refractivity contribution in [2.24, 2.45) is 0 Å². The number of methoxy groups -OCH3 is 1. The molecular formula is C17H20ClN3O2. The maximum absolute atomic E-state index is 12.4. The lowest BCUT2D eigenvalue weighted by Gasteiger charge is -2.20. The summed E-state index contributed by atoms with van der Waals surface area (Å²) in [5.41, 5.74) is 2.03. The van der Waals surface area contributed by atoms with Crippen molar-refractivity contribution in [2.75, 3.05) is 30.4 Å². The van der Waals surface area contributed by atoms with E-state index in [2.05, 4.69) is 29.0 Å². The van der Waals surface area contributed by atoms with E-state index in [0.717, 1.165) is 18.8 Å². The number of carbonyl (C=O) groups excluding carboxylic acids is 1. The normalized spacial score (nSPS) is 10.3. The molecule has 1 aromatic carbocycles. The number of benzene rings is 1. The molecule has 23 heavy (non-hydrogen) atoms. The van der Waals surface area contributed by atoms with Crippen molar-refractivity contribution < 1.29 is 9.53 Å². The van der Waals surface area contributed by atoms with Gasteiger partial charge in [-0.1, -0.05) is 11.6 Å². The zero-order valence-corrected chi connectivity index (χ0v) is 14.2. The van der Waals surface area contributed by atoms with Gasteiger partial charge in [-0.2, -0.15) is 0 Å². The molecule has 0 spiro atoms. The molecule has 2 aromatic rings. The van der Waals surface area contributed by atoms with Gasteiger partial charge in [0.05, 0.1) is 29.6 Å². The number of hydrogen-bond acceptors (Lipinski definition) is 4. The van der Waals surface area contributed by atoms with Crippen LogP contribution >= 0.6 is 11.6 Å². The lowest BCUT2D eigenvalue weighted by atomic mass is 10.2. The predicted octanol–water partition coefficient (Wildman–Crippen LogP) is 3.84. The molecule has 0 aliphatic rings. The van der Waals surface area contributed by atoms with Gasteiger partial charge < -0.3 is 15.0 Å². The molecule has 0 unspecified atom stereocenters. The van der Waals surface area contributed by atoms with Crippen molar-refractivity contribution in [1.29, 1.82) is 0 Å². The number of hydrogen-bond donors (Lipinski definition) is 1. The highest BCUT2D eigenvalue weighted by Crippen LogP contribution is 2.27. The number of rotatable bonds is 6. The molecule has 0 fully saturated rings. The number of halogens is 1. The standard InChI is InChI=1S/C17H20ClN3O2/c1-4-21(5-2)14-8-12(10-19-11-14)17(22)20-13-6-7-16(23-3)15(18)9-13/h6-11H,4-5H2,1-3H3,(H,20,22). The second-order valence-corrected chi connectivity index (χ2v) is 5.31. The molecule has 6 heteroatoms. The first-order valence-corrected chi connectivity index (χ1v) is 7.81. The highest BCUT2D eigenvalue weighted by molar-refractivity contribution is 6.32. The third kappa shape index (κ3) is 4.13. The first-order chi connectivity index (χ1) is 11.1. The molecule has 1 heterocycles. The summed E-state index contributed by atoms with van der Waals surface area (Å²) in [5.74, 6) is 0.336. The van der Waals surface area contributed by atoms with Gasteiger partial charge in [-0.3, -0.25) is 9.78 Å². The minimum absolute atomic E-state index is 0.229. The van der Waals surface area contributed by atoms with Crippen LogP contribution in [0.3, 0.4) is 0 Å². The summed E-state index contributed by atoms with van der Waals surface area (Å²) in [5, 5.41) is 3.26. The molecular weight excluding hydrogens is 314 g/mol. The number of aromatic nitrogens is 1. The zero-order valence-electron chi connectivity index (χ0n) is 13.5. The average molecular weight is 334 g/mol. The molecule has 122 valence electrons. The Morgan fingerprint density at radius 1 is 1.26 bits per heavy atom. The second kappa shape index (κ2) is 7.83. The lowest BCUT2D eigenvalue weighted by Crippen LogP contribution is -2.22. The topological polar surface area (TPSA) is 54.5 Å². The van der Waals surface area contributed by atoms with Crippen LogP contribution in [0.5, 0.6) is 5.75 Å². The van der Waals surface area contributed by atoms with Gasteiger partial charge in [0.2, 0.25) is 0 Å². The highest BCUT2D eigenvalue weighted by atomic mass is 35.5. The van der Waals surface area contributed by atoms with E-state index in [4.69, 9.17) is 16.3 Å². The number of amides is 1. The Balaban J connectivity index is 2.17. The van der Waals surface area contributed by atoms with Crippen molar-refractivity contribution >= 4 is 28.9 Å². The van der Waals surface area contributed by atoms with Crippen LogP contribution in [0.4, 0.5) is 11.4 Å². The molecule has 0 saturated heterocycles. The summed E-state index contributed by atoms with van der Waals surface area (Å²) in [6.45, 7) is 5.85. The van der Waals surface area contributed by atoms with Crippen LogP contribution in [0.25, 0.3) is 0 Å². The zero-order chi connectivity index (χ0) is 16.8. The van der Waals surface area contributed by atoms with Crippen LogP contribution in [0.1, 0.15) is 24.2 Å². The van der Waals surface area contributed by atoms with Crippen LogP contribution in [0, 0.1) is 0 Å². The van der Waals surface area contributed by atoms with E-state index in [1.54, 1.807) is 37.7 Å². The molecule has 1 N–H and O–H groups in total. The number of carbonyl (C=O) groups is 1. The first kappa shape index (κ1) is 17.1. The first-order valence-electron chi connectivity index (χ1n) is 7.43. The van der Waals surface area contributed by atoms with Crippen molar-refractivity contribution in [3.63, 3.8) is 0 Å². The van der Waals surface area contributed by atoms with Gasteiger partial charge in [0, 0.05) is 25.0 Å². The maximum atomic E-state index is 12.4. The van der Waals surface area contributed by atoms with Gasteiger partial charge in [-0.15, -0.1) is 0 Å². The lowest BCUT2D eigenvalue weighted by molar-refractivity contribution is 0.102. The van der Waals surface area contributed by atoms with Crippen LogP contribution < -0.4 is 15.0 Å². The fourth-order valence-corrected chi connectivity index (χ4v) is 2.52. The molecule has 5 nitrogen and oxygen atoms in total. The van der Waals surface area contributed by atoms with Crippen LogP contribution in [0.2, 0.25) is 5.02 Å². The van der Waals surface area contributed by atoms with Crippen molar-refractivity contribution in [3.8, 4) is 5.75 Å². The van der Waals surface area contributed by atoms with Gasteiger partial charge in [0.1, 0.15) is 5.75 Å². The Bertz CT molecular complexity index is 687. The second-order valence-electron chi connectivity index (χ2n) is 4.91. The largest absolute Gasteiger partial charge is 0.495 e. The SMILES string of the molecule is CCN(CC)c1cncc(C(=O)Nc2ccc(OC)c(Cl)c2)c1. The smallest absolute Gasteiger partial charge is 0.257 e. The Kier molecular flexibility index (Phi) is 5.82. The Morgan fingerprint density at radius 2 is 2.00 bits per heavy atom. The van der Waals surface area contributed by atoms with Crippen molar-refractivity contribution in [2.45, 2.75) is 13.8 Å². The summed E-state index contributed by atoms with van der Waals surface area (Å²) in [4.78, 5) is 18.7. The van der Waals surface area contributed by atoms with E-state index < -0.39 is 0 Å². The average Bonchev–Trinajstić information content (AvgIpc) is 2.56. The Labute approximate surface area is 141 Å². The van der Waals surface area contributed by atoms with E-state index >= 15 is 0 Å². The summed E-state index contributed by atoms with van der Waals surface area (Å²) in [6.07, 6.45) is 3.31. The number of pyridine rings is 1. The Morgan fingerprint density at radius 3 is 2.61 bits per heavy atom. The summed E-state index contributed by atoms with van der Waals surface area (Å²) in [6, 6.07) is 6.94. The molecule has 0 bridgehead atoms. The van der Waals surface area contributed by atoms with Crippen molar-refractivity contribution in [3.05, 3.63) is 47.2 Å². The van der Waals surface area contributed by atoms with Crippen LogP contribution in [-0.4, -0.2) is 31.1 Å². The minimum Gasteiger partial charge on any atom is -0.495 e. The van der Waals surface area contributed by atoms with E-state index in [1.165, 1.54) is 0 Å². The minimum atomic E-state index is -0.229. The van der Waals surface area contributed by atoms with Crippen molar-refractivity contribution in [1.82, 2.24) is 4.98 Å². The molecule has 2 rings (SSSR count). The van der Waals surface area contributed by atoms with Crippen LogP contribution in [-0.2, 0) is 0 Å². The predicted molar refractivity (Wildman–Crippen MR) is 93.8 cm³/mol. The summed E-state index contributed by atoms with van der Waals surface area (Å²) < 4.78 is 5.10. The highest BCUT2D eigenvalue weighted by Gasteiger charge is 2.11. The quantitative estimate of drug-likeness (QED) is 0.872. The molecule has 0 aliphatic heterocycles. The Hall–Kier alpha value is -2.27. The van der Waals surface area contributed by atoms with E-state index in [1.807, 2.05) is 6.07 Å². The third-order valence-electron chi connectivity index (χ3n) is 3.52. The molecule has 0 radical (unpaired) electrons. The molecule has 1 amide bonds. The monoisotopic (exact) mass is 333 g/mol. The number of nitrogens with one attached hydrogen (secondary N) is 1. The maximum Gasteiger partial charge on any atom is 0.257 e. The fourth-order valence-electron chi connectivity index (χ4n) is 2.26. The number of nitrogens with zero attached hydrogens (tertiary/aromatic N) is 2. The number of ether oxygens (including phenoxy) is 1. The van der Waals surface area contributed by atoms with Gasteiger partial charge in [-0.05, 0) is 38.1 Å². The van der Waals surface area contributed by atoms with Gasteiger partial charge in [-0.25, -0.2) is 0 Å². The van der Waals surface area contributed by atoms with Gasteiger partial charge in [0.25, 0.3) is 5.91 Å². The summed E-state index contributed by atoms with van der Waals surface area (Å²) >= 11 is 6.07.